The third kappa shape index (κ3) is 9.68. The van der Waals surface area contributed by atoms with Crippen LogP contribution in [0, 0.1) is 19.8 Å². The highest BCUT2D eigenvalue weighted by molar-refractivity contribution is 5.99. The summed E-state index contributed by atoms with van der Waals surface area (Å²) in [7, 11) is 0. The van der Waals surface area contributed by atoms with Gasteiger partial charge in [-0.25, -0.2) is 0 Å². The molecule has 0 heterocycles. The molecule has 196 valence electrons. The van der Waals surface area contributed by atoms with Crippen molar-refractivity contribution in [2.24, 2.45) is 5.92 Å². The highest BCUT2D eigenvalue weighted by Crippen LogP contribution is 2.28. The number of nitrogens with zero attached hydrogens (tertiary/aromatic N) is 3. The van der Waals surface area contributed by atoms with Crippen molar-refractivity contribution in [1.29, 1.82) is 0 Å². The molecule has 1 unspecified atom stereocenters. The fourth-order valence-electron chi connectivity index (χ4n) is 4.16. The van der Waals surface area contributed by atoms with E-state index in [-0.39, 0.29) is 6.61 Å². The van der Waals surface area contributed by atoms with Crippen LogP contribution in [0.1, 0.15) is 78.4 Å². The summed E-state index contributed by atoms with van der Waals surface area (Å²) in [4.78, 5) is 4.85. The van der Waals surface area contributed by atoms with E-state index in [0.29, 0.717) is 5.92 Å². The van der Waals surface area contributed by atoms with Crippen molar-refractivity contribution in [2.45, 2.75) is 81.1 Å². The van der Waals surface area contributed by atoms with Crippen LogP contribution in [0.15, 0.2) is 48.5 Å². The molecule has 2 rings (SSSR count). The van der Waals surface area contributed by atoms with Crippen LogP contribution in [0.2, 0.25) is 0 Å². The monoisotopic (exact) mass is 481 g/mol. The molecule has 0 aliphatic rings. The molecular weight excluding hydrogens is 430 g/mol. The van der Waals surface area contributed by atoms with Gasteiger partial charge in [0.25, 0.3) is 0 Å². The summed E-state index contributed by atoms with van der Waals surface area (Å²) in [5.74, 6) is 1.71. The van der Waals surface area contributed by atoms with Gasteiger partial charge in [0.05, 0.1) is 26.2 Å². The van der Waals surface area contributed by atoms with E-state index in [1.165, 1.54) is 41.3 Å². The summed E-state index contributed by atoms with van der Waals surface area (Å²) in [6, 6.07) is 17.7. The SMILES string of the molecule is CCCCC(CC)C[O-].CCN(CC)C(N(c1ccc(C)cc1)c1ccc(C)cc1)=[N+](CC)CC. The van der Waals surface area contributed by atoms with Gasteiger partial charge in [-0.3, -0.25) is 9.48 Å². The molecule has 0 radical (unpaired) electrons. The number of rotatable bonds is 11. The summed E-state index contributed by atoms with van der Waals surface area (Å²) < 4.78 is 2.45. The lowest BCUT2D eigenvalue weighted by Gasteiger charge is -2.29. The zero-order valence-electron chi connectivity index (χ0n) is 23.8. The third-order valence-corrected chi connectivity index (χ3v) is 6.66. The number of hydrogen-bond donors (Lipinski definition) is 0. The third-order valence-electron chi connectivity index (χ3n) is 6.66. The Labute approximate surface area is 216 Å². The summed E-state index contributed by atoms with van der Waals surface area (Å²) in [5, 5.41) is 10.4. The molecule has 0 amide bonds. The summed E-state index contributed by atoms with van der Waals surface area (Å²) in [6.07, 6.45) is 4.64. The topological polar surface area (TPSA) is 32.5 Å². The minimum Gasteiger partial charge on any atom is -0.854 e. The van der Waals surface area contributed by atoms with Crippen molar-refractivity contribution in [3.05, 3.63) is 59.7 Å². The molecular formula is C31H51N3O. The first-order chi connectivity index (χ1) is 16.9. The normalized spacial score (nSPS) is 11.3. The van der Waals surface area contributed by atoms with E-state index < -0.39 is 0 Å². The lowest BCUT2D eigenvalue weighted by molar-refractivity contribution is -0.526. The number of guanidine groups is 1. The fourth-order valence-corrected chi connectivity index (χ4v) is 4.16. The highest BCUT2D eigenvalue weighted by atomic mass is 16.3. The molecule has 0 saturated carbocycles. The Morgan fingerprint density at radius 3 is 1.54 bits per heavy atom. The molecule has 4 nitrogen and oxygen atoms in total. The van der Waals surface area contributed by atoms with Crippen LogP contribution in [0.3, 0.4) is 0 Å². The average molecular weight is 482 g/mol. The maximum absolute atomic E-state index is 10.4. The maximum Gasteiger partial charge on any atom is 0.360 e. The number of benzene rings is 2. The van der Waals surface area contributed by atoms with Gasteiger partial charge >= 0.3 is 5.96 Å². The van der Waals surface area contributed by atoms with Gasteiger partial charge in [-0.15, -0.1) is 6.61 Å². The van der Waals surface area contributed by atoms with E-state index in [1.807, 2.05) is 0 Å². The molecule has 0 spiro atoms. The van der Waals surface area contributed by atoms with Gasteiger partial charge in [-0.05, 0) is 65.8 Å². The van der Waals surface area contributed by atoms with Crippen LogP contribution < -0.4 is 10.0 Å². The van der Waals surface area contributed by atoms with Gasteiger partial charge < -0.3 is 5.11 Å². The highest BCUT2D eigenvalue weighted by Gasteiger charge is 2.30. The predicted molar refractivity (Wildman–Crippen MR) is 152 cm³/mol. The van der Waals surface area contributed by atoms with Crippen molar-refractivity contribution >= 4 is 17.3 Å². The molecule has 35 heavy (non-hydrogen) atoms. The minimum absolute atomic E-state index is 0.122. The lowest BCUT2D eigenvalue weighted by Crippen LogP contribution is -2.48. The van der Waals surface area contributed by atoms with E-state index in [9.17, 15) is 5.11 Å². The maximum atomic E-state index is 10.4. The molecule has 0 fully saturated rings. The first kappa shape index (κ1) is 30.7. The van der Waals surface area contributed by atoms with Gasteiger partial charge in [0.2, 0.25) is 0 Å². The molecule has 2 aromatic carbocycles. The Morgan fingerprint density at radius 1 is 0.771 bits per heavy atom. The summed E-state index contributed by atoms with van der Waals surface area (Å²) in [6.45, 7) is 21.5. The molecule has 0 bridgehead atoms. The largest absolute Gasteiger partial charge is 0.854 e. The zero-order valence-corrected chi connectivity index (χ0v) is 23.8. The van der Waals surface area contributed by atoms with Crippen LogP contribution in [0.5, 0.6) is 0 Å². The van der Waals surface area contributed by atoms with Gasteiger partial charge in [0.1, 0.15) is 11.4 Å². The standard InChI is InChI=1S/C23H34N3.C8H17O/c1-7-24(8-2)23(25(9-3)10-4)26(21-15-11-19(5)12-16-21)22-17-13-20(6)14-18-22;1-3-5-6-8(4-2)7-9/h11-18H,7-10H2,1-6H3;8H,3-7H2,1-2H3/q+1;-1. The second-order valence-electron chi connectivity index (χ2n) is 9.23. The lowest BCUT2D eigenvalue weighted by atomic mass is 10.0. The molecule has 0 aromatic heterocycles. The molecule has 4 heteroatoms. The molecule has 0 aliphatic heterocycles. The van der Waals surface area contributed by atoms with E-state index in [0.717, 1.165) is 39.0 Å². The van der Waals surface area contributed by atoms with Crippen molar-refractivity contribution < 1.29 is 9.68 Å². The zero-order chi connectivity index (χ0) is 26.2. The van der Waals surface area contributed by atoms with E-state index in [4.69, 9.17) is 0 Å². The van der Waals surface area contributed by atoms with Crippen molar-refractivity contribution in [1.82, 2.24) is 4.90 Å². The van der Waals surface area contributed by atoms with E-state index >= 15 is 0 Å². The van der Waals surface area contributed by atoms with Crippen molar-refractivity contribution in [2.75, 3.05) is 37.7 Å². The smallest absolute Gasteiger partial charge is 0.360 e. The fraction of sp³-hybridized carbons (Fsp3) is 0.581. The van der Waals surface area contributed by atoms with Crippen molar-refractivity contribution in [3.8, 4) is 0 Å². The number of unbranched alkanes of at least 4 members (excludes halogenated alkanes) is 1. The molecule has 0 N–H and O–H groups in total. The van der Waals surface area contributed by atoms with Gasteiger partial charge in [0.15, 0.2) is 0 Å². The van der Waals surface area contributed by atoms with E-state index in [1.54, 1.807) is 0 Å². The second kappa shape index (κ2) is 17.2. The first-order valence-electron chi connectivity index (χ1n) is 13.8. The Morgan fingerprint density at radius 2 is 1.23 bits per heavy atom. The number of aryl methyl sites for hydroxylation is 2. The molecule has 2 aromatic rings. The molecule has 1 atom stereocenters. The summed E-state index contributed by atoms with van der Waals surface area (Å²) >= 11 is 0. The van der Waals surface area contributed by atoms with Gasteiger partial charge in [-0.1, -0.05) is 80.8 Å². The molecule has 0 saturated heterocycles. The Balaban J connectivity index is 0.000000579. The Kier molecular flexibility index (Phi) is 15.0. The van der Waals surface area contributed by atoms with Crippen LogP contribution >= 0.6 is 0 Å². The van der Waals surface area contributed by atoms with Crippen LogP contribution in [-0.4, -0.2) is 48.2 Å². The number of hydrogen-bond acceptors (Lipinski definition) is 1. The second-order valence-corrected chi connectivity index (χ2v) is 9.23. The van der Waals surface area contributed by atoms with Gasteiger partial charge in [0, 0.05) is 0 Å². The predicted octanol–water partition coefficient (Wildman–Crippen LogP) is 6.75. The number of anilines is 2. The Hall–Kier alpha value is -2.33. The van der Waals surface area contributed by atoms with Crippen LogP contribution in [0.4, 0.5) is 11.4 Å². The van der Waals surface area contributed by atoms with Crippen LogP contribution in [-0.2, 0) is 0 Å². The quantitative estimate of drug-likeness (QED) is 0.202. The van der Waals surface area contributed by atoms with E-state index in [2.05, 4.69) is 118 Å². The average Bonchev–Trinajstić information content (AvgIpc) is 2.88. The first-order valence-corrected chi connectivity index (χ1v) is 13.8. The summed E-state index contributed by atoms with van der Waals surface area (Å²) in [5.41, 5.74) is 4.97. The van der Waals surface area contributed by atoms with Crippen LogP contribution in [0.25, 0.3) is 0 Å². The molecule has 0 aliphatic carbocycles. The Bertz CT molecular complexity index is 783. The van der Waals surface area contributed by atoms with Gasteiger partial charge in [-0.2, -0.15) is 4.90 Å². The minimum atomic E-state index is 0.122. The van der Waals surface area contributed by atoms with Crippen molar-refractivity contribution in [3.63, 3.8) is 0 Å².